The number of hydrogen-bond donors (Lipinski definition) is 1. The summed E-state index contributed by atoms with van der Waals surface area (Å²) in [4.78, 5) is 6.24. The van der Waals surface area contributed by atoms with Gasteiger partial charge in [0.25, 0.3) is 0 Å². The lowest BCUT2D eigenvalue weighted by molar-refractivity contribution is 0.300. The monoisotopic (exact) mass is 250 g/mol. The lowest BCUT2D eigenvalue weighted by atomic mass is 10.4. The smallest absolute Gasteiger partial charge is 0.144 e. The summed E-state index contributed by atoms with van der Waals surface area (Å²) in [5.41, 5.74) is 0.743. The molecule has 2 nitrogen and oxygen atoms in total. The molecule has 0 aromatic heterocycles. The topological polar surface area (TPSA) is 15.3 Å². The van der Waals surface area contributed by atoms with Crippen molar-refractivity contribution < 1.29 is 0 Å². The molecule has 0 bridgehead atoms. The second-order valence-corrected chi connectivity index (χ2v) is 8.16. The summed E-state index contributed by atoms with van der Waals surface area (Å²) in [7, 11) is -1.04. The van der Waals surface area contributed by atoms with Crippen molar-refractivity contribution in [2.75, 3.05) is 19.8 Å². The highest BCUT2D eigenvalue weighted by atomic mass is 28.3. The van der Waals surface area contributed by atoms with Crippen LogP contribution in [-0.2, 0) is 0 Å². The number of benzene rings is 1. The Hall–Kier alpha value is -0.643. The van der Waals surface area contributed by atoms with Crippen molar-refractivity contribution in [3.63, 3.8) is 0 Å². The van der Waals surface area contributed by atoms with Crippen molar-refractivity contribution >= 4 is 14.1 Å². The van der Waals surface area contributed by atoms with Gasteiger partial charge in [0.2, 0.25) is 0 Å². The summed E-state index contributed by atoms with van der Waals surface area (Å²) in [6.07, 6.45) is 0. The molecule has 0 saturated carbocycles. The summed E-state index contributed by atoms with van der Waals surface area (Å²) in [6.45, 7) is 12.4. The fraction of sp³-hybridized carbons (Fsp3) is 0.571. The molecule has 0 heterocycles. The lowest BCUT2D eigenvalue weighted by Gasteiger charge is -2.26. The first kappa shape index (κ1) is 14.4. The predicted octanol–water partition coefficient (Wildman–Crippen LogP) is 1.92. The van der Waals surface area contributed by atoms with Gasteiger partial charge in [-0.15, -0.1) is 0 Å². The first-order valence-electron chi connectivity index (χ1n) is 6.69. The molecule has 0 fully saturated rings. The van der Waals surface area contributed by atoms with Crippen LogP contribution < -0.4 is 10.2 Å². The summed E-state index contributed by atoms with van der Waals surface area (Å²) in [6, 6.07) is 10.9. The van der Waals surface area contributed by atoms with E-state index in [0.717, 1.165) is 25.3 Å². The molecule has 0 saturated heterocycles. The van der Waals surface area contributed by atoms with E-state index in [1.54, 1.807) is 0 Å². The van der Waals surface area contributed by atoms with Gasteiger partial charge in [-0.05, 0) is 23.8 Å². The van der Waals surface area contributed by atoms with Gasteiger partial charge in [0, 0.05) is 6.67 Å². The molecule has 0 aliphatic heterocycles. The Morgan fingerprint density at radius 1 is 1.12 bits per heavy atom. The average molecular weight is 250 g/mol. The number of nitrogens with one attached hydrogen (secondary N) is 1. The van der Waals surface area contributed by atoms with Gasteiger partial charge >= 0.3 is 0 Å². The maximum atomic E-state index is 3.80. The Kier molecular flexibility index (Phi) is 6.48. The van der Waals surface area contributed by atoms with E-state index in [0.29, 0.717) is 0 Å². The molecule has 0 amide bonds. The standard InChI is InChI=1S/C14H26N2Si/c1-5-16(6-2)12-15-17(13(3)4)14-10-8-7-9-11-14/h7-11,13,15,17H,5-6,12H2,1-4H3. The van der Waals surface area contributed by atoms with Crippen molar-refractivity contribution in [3.05, 3.63) is 30.3 Å². The van der Waals surface area contributed by atoms with E-state index in [2.05, 4.69) is 67.9 Å². The van der Waals surface area contributed by atoms with E-state index in [-0.39, 0.29) is 0 Å². The Morgan fingerprint density at radius 3 is 2.18 bits per heavy atom. The van der Waals surface area contributed by atoms with E-state index in [1.807, 2.05) is 0 Å². The number of nitrogens with zero attached hydrogens (tertiary/aromatic N) is 1. The zero-order chi connectivity index (χ0) is 12.7. The van der Waals surface area contributed by atoms with Crippen LogP contribution in [0.1, 0.15) is 27.7 Å². The minimum atomic E-state index is -1.04. The summed E-state index contributed by atoms with van der Waals surface area (Å²) in [5.74, 6) is 0. The Morgan fingerprint density at radius 2 is 1.71 bits per heavy atom. The highest BCUT2D eigenvalue weighted by Crippen LogP contribution is 2.05. The molecule has 17 heavy (non-hydrogen) atoms. The molecular formula is C14H26N2Si. The summed E-state index contributed by atoms with van der Waals surface area (Å²) >= 11 is 0. The largest absolute Gasteiger partial charge is 0.324 e. The molecule has 96 valence electrons. The highest BCUT2D eigenvalue weighted by Gasteiger charge is 2.17. The second-order valence-electron chi connectivity index (χ2n) is 4.80. The van der Waals surface area contributed by atoms with Crippen LogP contribution in [0, 0.1) is 0 Å². The van der Waals surface area contributed by atoms with E-state index >= 15 is 0 Å². The molecule has 3 heteroatoms. The quantitative estimate of drug-likeness (QED) is 0.587. The Bertz CT molecular complexity index is 296. The molecule has 0 aliphatic carbocycles. The third kappa shape index (κ3) is 4.62. The van der Waals surface area contributed by atoms with Crippen LogP contribution in [0.25, 0.3) is 0 Å². The van der Waals surface area contributed by atoms with E-state index in [9.17, 15) is 0 Å². The van der Waals surface area contributed by atoms with Crippen LogP contribution in [-0.4, -0.2) is 33.6 Å². The zero-order valence-corrected chi connectivity index (χ0v) is 12.8. The molecule has 1 rings (SSSR count). The maximum Gasteiger partial charge on any atom is 0.144 e. The fourth-order valence-electron chi connectivity index (χ4n) is 2.07. The number of rotatable bonds is 7. The molecule has 1 atom stereocenters. The highest BCUT2D eigenvalue weighted by molar-refractivity contribution is 6.72. The number of hydrogen-bond acceptors (Lipinski definition) is 2. The Labute approximate surface area is 108 Å². The molecule has 1 aromatic rings. The Balaban J connectivity index is 2.62. The van der Waals surface area contributed by atoms with Crippen LogP contribution in [0.2, 0.25) is 5.54 Å². The first-order chi connectivity index (χ1) is 8.19. The molecule has 1 unspecified atom stereocenters. The average Bonchev–Trinajstić information content (AvgIpc) is 2.35. The minimum absolute atomic E-state index is 0.743. The van der Waals surface area contributed by atoms with Gasteiger partial charge in [0.15, 0.2) is 0 Å². The van der Waals surface area contributed by atoms with Crippen molar-refractivity contribution in [2.45, 2.75) is 33.2 Å². The molecular weight excluding hydrogens is 224 g/mol. The first-order valence-corrected chi connectivity index (χ1v) is 8.51. The van der Waals surface area contributed by atoms with E-state index in [4.69, 9.17) is 0 Å². The summed E-state index contributed by atoms with van der Waals surface area (Å²) in [5, 5.41) is 1.52. The van der Waals surface area contributed by atoms with Crippen molar-refractivity contribution in [1.29, 1.82) is 0 Å². The van der Waals surface area contributed by atoms with Crippen LogP contribution in [0.5, 0.6) is 0 Å². The molecule has 0 radical (unpaired) electrons. The maximum absolute atomic E-state index is 3.80. The predicted molar refractivity (Wildman–Crippen MR) is 79.2 cm³/mol. The molecule has 0 aliphatic rings. The van der Waals surface area contributed by atoms with Crippen LogP contribution in [0.3, 0.4) is 0 Å². The second kappa shape index (κ2) is 7.64. The molecule has 0 spiro atoms. The van der Waals surface area contributed by atoms with Crippen LogP contribution in [0.4, 0.5) is 0 Å². The van der Waals surface area contributed by atoms with Gasteiger partial charge in [0.05, 0.1) is 0 Å². The fourth-order valence-corrected chi connectivity index (χ4v) is 4.64. The molecule has 1 N–H and O–H groups in total. The van der Waals surface area contributed by atoms with Gasteiger partial charge in [0.1, 0.15) is 8.96 Å². The van der Waals surface area contributed by atoms with Crippen LogP contribution in [0.15, 0.2) is 30.3 Å². The molecule has 1 aromatic carbocycles. The third-order valence-electron chi connectivity index (χ3n) is 3.25. The lowest BCUT2D eigenvalue weighted by Crippen LogP contribution is -2.51. The SMILES string of the molecule is CCN(CC)CN[SiH](c1ccccc1)C(C)C. The van der Waals surface area contributed by atoms with E-state index in [1.165, 1.54) is 5.19 Å². The minimum Gasteiger partial charge on any atom is -0.324 e. The van der Waals surface area contributed by atoms with E-state index < -0.39 is 8.96 Å². The van der Waals surface area contributed by atoms with Gasteiger partial charge in [-0.3, -0.25) is 4.90 Å². The van der Waals surface area contributed by atoms with Gasteiger partial charge in [-0.25, -0.2) is 0 Å². The van der Waals surface area contributed by atoms with Gasteiger partial charge in [-0.1, -0.05) is 58.0 Å². The summed E-state index contributed by atoms with van der Waals surface area (Å²) < 4.78 is 0. The van der Waals surface area contributed by atoms with Crippen molar-refractivity contribution in [2.24, 2.45) is 0 Å². The van der Waals surface area contributed by atoms with Gasteiger partial charge < -0.3 is 4.98 Å². The van der Waals surface area contributed by atoms with Crippen molar-refractivity contribution in [1.82, 2.24) is 9.88 Å². The zero-order valence-electron chi connectivity index (χ0n) is 11.6. The van der Waals surface area contributed by atoms with Crippen molar-refractivity contribution in [3.8, 4) is 0 Å². The third-order valence-corrected chi connectivity index (χ3v) is 6.31. The normalized spacial score (nSPS) is 13.3. The van der Waals surface area contributed by atoms with Crippen LogP contribution >= 0.6 is 0 Å². The van der Waals surface area contributed by atoms with Gasteiger partial charge in [-0.2, -0.15) is 0 Å².